The number of nitrogens with zero attached hydrogens (tertiary/aromatic N) is 4. The van der Waals surface area contributed by atoms with Crippen molar-refractivity contribution in [1.29, 1.82) is 0 Å². The van der Waals surface area contributed by atoms with Gasteiger partial charge in [0.15, 0.2) is 5.16 Å². The first-order valence-corrected chi connectivity index (χ1v) is 13.3. The van der Waals surface area contributed by atoms with Gasteiger partial charge in [-0.3, -0.25) is 18.8 Å². The molecule has 3 heterocycles. The van der Waals surface area contributed by atoms with Crippen molar-refractivity contribution in [3.05, 3.63) is 68.4 Å². The molecule has 34 heavy (non-hydrogen) atoms. The van der Waals surface area contributed by atoms with Crippen LogP contribution < -0.4 is 10.9 Å². The summed E-state index contributed by atoms with van der Waals surface area (Å²) in [7, 11) is 1.80. The molecule has 1 aliphatic carbocycles. The van der Waals surface area contributed by atoms with Crippen LogP contribution in [0.2, 0.25) is 0 Å². The summed E-state index contributed by atoms with van der Waals surface area (Å²) in [5.41, 5.74) is 3.22. The summed E-state index contributed by atoms with van der Waals surface area (Å²) in [6.07, 6.45) is 4.98. The normalized spacial score (nSPS) is 13.2. The van der Waals surface area contributed by atoms with E-state index in [4.69, 9.17) is 4.98 Å². The number of benzene rings is 1. The van der Waals surface area contributed by atoms with Crippen LogP contribution in [0.15, 0.2) is 46.3 Å². The average Bonchev–Trinajstić information content (AvgIpc) is 3.36. The Hall–Kier alpha value is -2.91. The van der Waals surface area contributed by atoms with Crippen molar-refractivity contribution in [2.75, 3.05) is 11.1 Å². The minimum Gasteiger partial charge on any atom is -0.310 e. The molecule has 176 valence electrons. The Balaban J connectivity index is 1.44. The van der Waals surface area contributed by atoms with Gasteiger partial charge >= 0.3 is 0 Å². The lowest BCUT2D eigenvalue weighted by molar-refractivity contribution is -0.113. The molecule has 0 radical (unpaired) electrons. The van der Waals surface area contributed by atoms with Crippen LogP contribution in [0.5, 0.6) is 0 Å². The lowest BCUT2D eigenvalue weighted by Crippen LogP contribution is -2.25. The van der Waals surface area contributed by atoms with Gasteiger partial charge in [-0.05, 0) is 50.2 Å². The Morgan fingerprint density at radius 1 is 1.21 bits per heavy atom. The number of carbonyl (C=O) groups is 1. The highest BCUT2D eigenvalue weighted by Crippen LogP contribution is 2.34. The Morgan fingerprint density at radius 2 is 2.00 bits per heavy atom. The molecular formula is C25H27N5O2S2. The molecule has 3 aromatic heterocycles. The monoisotopic (exact) mass is 493 g/mol. The van der Waals surface area contributed by atoms with Crippen LogP contribution in [0.4, 0.5) is 5.82 Å². The SMILES string of the molecule is Cc1cc(NC(=O)CSc2nc3sc4c(c3c(=O)n2CCc2ccccc2)CCCC4)n(C)n1. The number of amides is 1. The van der Waals surface area contributed by atoms with Gasteiger partial charge in [-0.2, -0.15) is 5.10 Å². The van der Waals surface area contributed by atoms with E-state index in [-0.39, 0.29) is 17.2 Å². The van der Waals surface area contributed by atoms with Gasteiger partial charge in [0, 0.05) is 24.5 Å². The fourth-order valence-electron chi connectivity index (χ4n) is 4.45. The van der Waals surface area contributed by atoms with Gasteiger partial charge in [0.05, 0.1) is 16.8 Å². The second-order valence-corrected chi connectivity index (χ2v) is 10.6. The Kier molecular flexibility index (Phi) is 6.56. The maximum atomic E-state index is 13.7. The minimum absolute atomic E-state index is 0.0190. The zero-order valence-corrected chi connectivity index (χ0v) is 21.0. The van der Waals surface area contributed by atoms with Crippen LogP contribution in [0, 0.1) is 6.92 Å². The number of fused-ring (bicyclic) bond motifs is 3. The summed E-state index contributed by atoms with van der Waals surface area (Å²) < 4.78 is 3.41. The van der Waals surface area contributed by atoms with Crippen LogP contribution in [0.1, 0.15) is 34.5 Å². The van der Waals surface area contributed by atoms with Crippen molar-refractivity contribution in [1.82, 2.24) is 19.3 Å². The molecule has 1 aromatic carbocycles. The van der Waals surface area contributed by atoms with Crippen molar-refractivity contribution in [3.8, 4) is 0 Å². The standard InChI is InChI=1S/C25H27N5O2S2/c1-16-14-20(29(2)28-16)26-21(31)15-33-25-27-23-22(18-10-6-7-11-19(18)34-23)24(32)30(25)13-12-17-8-4-3-5-9-17/h3-5,8-9,14H,6-7,10-13,15H2,1-2H3,(H,26,31). The molecule has 1 aliphatic rings. The van der Waals surface area contributed by atoms with E-state index in [9.17, 15) is 9.59 Å². The first-order chi connectivity index (χ1) is 16.5. The van der Waals surface area contributed by atoms with E-state index in [1.165, 1.54) is 27.8 Å². The van der Waals surface area contributed by atoms with E-state index in [1.54, 1.807) is 27.6 Å². The molecule has 1 N–H and O–H groups in total. The first kappa shape index (κ1) is 22.9. The number of thiophene rings is 1. The molecule has 9 heteroatoms. The molecule has 5 rings (SSSR count). The highest BCUT2D eigenvalue weighted by molar-refractivity contribution is 7.99. The topological polar surface area (TPSA) is 81.8 Å². The number of hydrogen-bond acceptors (Lipinski definition) is 6. The minimum atomic E-state index is -0.151. The summed E-state index contributed by atoms with van der Waals surface area (Å²) in [6.45, 7) is 2.41. The summed E-state index contributed by atoms with van der Waals surface area (Å²) in [4.78, 5) is 33.4. The molecule has 0 unspecified atom stereocenters. The molecule has 1 amide bonds. The second-order valence-electron chi connectivity index (χ2n) is 8.61. The molecule has 0 saturated heterocycles. The summed E-state index contributed by atoms with van der Waals surface area (Å²) >= 11 is 2.96. The molecule has 4 aromatic rings. The van der Waals surface area contributed by atoms with Crippen molar-refractivity contribution < 1.29 is 4.79 Å². The van der Waals surface area contributed by atoms with Crippen LogP contribution >= 0.6 is 23.1 Å². The number of thioether (sulfide) groups is 1. The number of aryl methyl sites for hydroxylation is 5. The van der Waals surface area contributed by atoms with Gasteiger partial charge in [-0.1, -0.05) is 42.1 Å². The zero-order valence-electron chi connectivity index (χ0n) is 19.3. The number of anilines is 1. The van der Waals surface area contributed by atoms with Gasteiger partial charge in [-0.25, -0.2) is 4.98 Å². The Labute approximate surface area is 206 Å². The second kappa shape index (κ2) is 9.76. The third-order valence-electron chi connectivity index (χ3n) is 6.11. The van der Waals surface area contributed by atoms with Crippen molar-refractivity contribution in [3.63, 3.8) is 0 Å². The van der Waals surface area contributed by atoms with E-state index in [1.807, 2.05) is 31.2 Å². The number of aromatic nitrogens is 4. The summed E-state index contributed by atoms with van der Waals surface area (Å²) in [5, 5.41) is 8.55. The van der Waals surface area contributed by atoms with Crippen LogP contribution in [-0.4, -0.2) is 31.0 Å². The molecule has 0 saturated carbocycles. The van der Waals surface area contributed by atoms with E-state index in [0.717, 1.165) is 48.0 Å². The highest BCUT2D eigenvalue weighted by Gasteiger charge is 2.22. The van der Waals surface area contributed by atoms with Gasteiger partial charge < -0.3 is 5.32 Å². The third-order valence-corrected chi connectivity index (χ3v) is 8.27. The van der Waals surface area contributed by atoms with E-state index >= 15 is 0 Å². The fourth-order valence-corrected chi connectivity index (χ4v) is 6.58. The first-order valence-electron chi connectivity index (χ1n) is 11.5. The van der Waals surface area contributed by atoms with Crippen LogP contribution in [0.25, 0.3) is 10.2 Å². The van der Waals surface area contributed by atoms with Crippen molar-refractivity contribution in [2.45, 2.75) is 50.7 Å². The molecule has 0 bridgehead atoms. The van der Waals surface area contributed by atoms with Gasteiger partial charge in [0.2, 0.25) is 5.91 Å². The number of rotatable bonds is 7. The summed E-state index contributed by atoms with van der Waals surface area (Å²) in [6, 6.07) is 12.0. The zero-order chi connectivity index (χ0) is 23.7. The lowest BCUT2D eigenvalue weighted by Gasteiger charge is -2.14. The fraction of sp³-hybridized carbons (Fsp3) is 0.360. The van der Waals surface area contributed by atoms with E-state index in [2.05, 4.69) is 22.5 Å². The number of hydrogen-bond donors (Lipinski definition) is 1. The van der Waals surface area contributed by atoms with Gasteiger partial charge in [0.25, 0.3) is 5.56 Å². The quantitative estimate of drug-likeness (QED) is 0.306. The maximum Gasteiger partial charge on any atom is 0.263 e. The third kappa shape index (κ3) is 4.67. The molecule has 7 nitrogen and oxygen atoms in total. The van der Waals surface area contributed by atoms with Crippen LogP contribution in [-0.2, 0) is 37.6 Å². The molecular weight excluding hydrogens is 466 g/mol. The van der Waals surface area contributed by atoms with Gasteiger partial charge in [0.1, 0.15) is 10.6 Å². The van der Waals surface area contributed by atoms with E-state index < -0.39 is 0 Å². The molecule has 0 aliphatic heterocycles. The Bertz CT molecular complexity index is 1400. The summed E-state index contributed by atoms with van der Waals surface area (Å²) in [5.74, 6) is 0.667. The number of carbonyl (C=O) groups excluding carboxylic acids is 1. The van der Waals surface area contributed by atoms with Gasteiger partial charge in [-0.15, -0.1) is 11.3 Å². The predicted molar refractivity (Wildman–Crippen MR) is 138 cm³/mol. The largest absolute Gasteiger partial charge is 0.310 e. The average molecular weight is 494 g/mol. The Morgan fingerprint density at radius 3 is 2.76 bits per heavy atom. The van der Waals surface area contributed by atoms with Crippen molar-refractivity contribution >= 4 is 45.0 Å². The smallest absolute Gasteiger partial charge is 0.263 e. The van der Waals surface area contributed by atoms with Crippen LogP contribution in [0.3, 0.4) is 0 Å². The molecule has 0 atom stereocenters. The molecule has 0 fully saturated rings. The highest BCUT2D eigenvalue weighted by atomic mass is 32.2. The van der Waals surface area contributed by atoms with Crippen molar-refractivity contribution in [2.24, 2.45) is 7.05 Å². The predicted octanol–water partition coefficient (Wildman–Crippen LogP) is 4.35. The maximum absolute atomic E-state index is 13.7. The molecule has 0 spiro atoms. The lowest BCUT2D eigenvalue weighted by atomic mass is 9.97. The number of nitrogens with one attached hydrogen (secondary N) is 1. The van der Waals surface area contributed by atoms with E-state index in [0.29, 0.717) is 17.5 Å².